The molecule has 0 radical (unpaired) electrons. The molecule has 1 heteroatoms. The number of rotatable bonds is 0. The first kappa shape index (κ1) is 7.33. The fourth-order valence-corrected chi connectivity index (χ4v) is 2.72. The summed E-state index contributed by atoms with van der Waals surface area (Å²) in [6.07, 6.45) is 4.49. The zero-order valence-electron chi connectivity index (χ0n) is 7.39. The maximum absolute atomic E-state index is 11.5. The molecule has 2 rings (SSSR count). The van der Waals surface area contributed by atoms with Crippen LogP contribution in [0.4, 0.5) is 0 Å². The van der Waals surface area contributed by atoms with E-state index in [1.165, 1.54) is 19.3 Å². The first-order valence-electron chi connectivity index (χ1n) is 4.62. The van der Waals surface area contributed by atoms with E-state index >= 15 is 0 Å². The van der Waals surface area contributed by atoms with Crippen LogP contribution in [0.3, 0.4) is 0 Å². The molecule has 0 aromatic heterocycles. The Morgan fingerprint density at radius 1 is 1.36 bits per heavy atom. The van der Waals surface area contributed by atoms with Gasteiger partial charge >= 0.3 is 0 Å². The minimum Gasteiger partial charge on any atom is -0.299 e. The molecule has 0 amide bonds. The molecule has 2 bridgehead atoms. The van der Waals surface area contributed by atoms with Crippen LogP contribution in [0.2, 0.25) is 0 Å². The van der Waals surface area contributed by atoms with Crippen LogP contribution in [0.1, 0.15) is 39.5 Å². The van der Waals surface area contributed by atoms with Crippen LogP contribution in [0, 0.1) is 17.3 Å². The molecule has 0 aromatic rings. The molecule has 0 N–H and O–H groups in total. The number of ketones is 1. The number of fused-ring (bicyclic) bond motifs is 2. The van der Waals surface area contributed by atoms with E-state index in [4.69, 9.17) is 0 Å². The average Bonchev–Trinajstić information content (AvgIpc) is 2.28. The number of hydrogen-bond donors (Lipinski definition) is 0. The molecule has 62 valence electrons. The number of carbonyl (C=O) groups is 1. The highest BCUT2D eigenvalue weighted by Crippen LogP contribution is 2.50. The smallest absolute Gasteiger partial charge is 0.136 e. The molecule has 0 aromatic carbocycles. The normalized spacial score (nSPS) is 41.1. The van der Waals surface area contributed by atoms with Crippen molar-refractivity contribution in [3.05, 3.63) is 0 Å². The maximum Gasteiger partial charge on any atom is 0.136 e. The maximum atomic E-state index is 11.5. The Balaban J connectivity index is 2.24. The van der Waals surface area contributed by atoms with Crippen molar-refractivity contribution < 1.29 is 4.79 Å². The van der Waals surface area contributed by atoms with E-state index in [-0.39, 0.29) is 0 Å². The van der Waals surface area contributed by atoms with Gasteiger partial charge in [0.2, 0.25) is 0 Å². The topological polar surface area (TPSA) is 17.1 Å². The quantitative estimate of drug-likeness (QED) is 0.521. The Hall–Kier alpha value is -0.330. The molecule has 2 aliphatic rings. The SMILES string of the molecule is CC1(C)CC(=O)[C@@H]2CC[C@H]1C2. The Bertz CT molecular complexity index is 193. The van der Waals surface area contributed by atoms with Gasteiger partial charge in [-0.05, 0) is 30.6 Å². The summed E-state index contributed by atoms with van der Waals surface area (Å²) < 4.78 is 0. The second-order valence-corrected chi connectivity index (χ2v) is 4.84. The van der Waals surface area contributed by atoms with Gasteiger partial charge in [0.15, 0.2) is 0 Å². The lowest BCUT2D eigenvalue weighted by molar-refractivity contribution is -0.127. The molecule has 0 spiro atoms. The summed E-state index contributed by atoms with van der Waals surface area (Å²) in [5.41, 5.74) is 0.310. The van der Waals surface area contributed by atoms with Crippen molar-refractivity contribution in [2.45, 2.75) is 39.5 Å². The van der Waals surface area contributed by atoms with Gasteiger partial charge in [0, 0.05) is 12.3 Å². The lowest BCUT2D eigenvalue weighted by atomic mass is 9.69. The van der Waals surface area contributed by atoms with Crippen molar-refractivity contribution in [2.75, 3.05) is 0 Å². The molecule has 0 heterocycles. The average molecular weight is 152 g/mol. The van der Waals surface area contributed by atoms with Gasteiger partial charge in [-0.3, -0.25) is 4.79 Å². The molecule has 0 aliphatic heterocycles. The summed E-state index contributed by atoms with van der Waals surface area (Å²) in [6, 6.07) is 0. The third kappa shape index (κ3) is 1.02. The van der Waals surface area contributed by atoms with Gasteiger partial charge in [0.05, 0.1) is 0 Å². The second kappa shape index (κ2) is 2.09. The van der Waals surface area contributed by atoms with Crippen molar-refractivity contribution in [3.8, 4) is 0 Å². The molecule has 2 aliphatic carbocycles. The van der Waals surface area contributed by atoms with Crippen LogP contribution in [0.15, 0.2) is 0 Å². The van der Waals surface area contributed by atoms with Crippen LogP contribution in [0.5, 0.6) is 0 Å². The van der Waals surface area contributed by atoms with Crippen LogP contribution in [0.25, 0.3) is 0 Å². The van der Waals surface area contributed by atoms with Gasteiger partial charge in [-0.2, -0.15) is 0 Å². The Labute approximate surface area is 68.2 Å². The Morgan fingerprint density at radius 2 is 2.09 bits per heavy atom. The second-order valence-electron chi connectivity index (χ2n) is 4.84. The van der Waals surface area contributed by atoms with Crippen molar-refractivity contribution in [1.82, 2.24) is 0 Å². The summed E-state index contributed by atoms with van der Waals surface area (Å²) in [5, 5.41) is 0. The lowest BCUT2D eigenvalue weighted by Crippen LogP contribution is -2.32. The minimum absolute atomic E-state index is 0.310. The third-order valence-corrected chi connectivity index (χ3v) is 3.62. The molecule has 0 unspecified atom stereocenters. The summed E-state index contributed by atoms with van der Waals surface area (Å²) in [7, 11) is 0. The molecule has 1 nitrogen and oxygen atoms in total. The molecular formula is C10H16O. The molecule has 0 saturated heterocycles. The predicted molar refractivity (Wildman–Crippen MR) is 44.2 cm³/mol. The highest BCUT2D eigenvalue weighted by molar-refractivity contribution is 5.83. The van der Waals surface area contributed by atoms with Gasteiger partial charge in [0.25, 0.3) is 0 Å². The number of hydrogen-bond acceptors (Lipinski definition) is 1. The zero-order chi connectivity index (χ0) is 8.06. The van der Waals surface area contributed by atoms with E-state index in [1.54, 1.807) is 0 Å². The third-order valence-electron chi connectivity index (χ3n) is 3.62. The van der Waals surface area contributed by atoms with E-state index in [9.17, 15) is 4.79 Å². The van der Waals surface area contributed by atoms with E-state index < -0.39 is 0 Å². The zero-order valence-corrected chi connectivity index (χ0v) is 7.39. The number of carbonyl (C=O) groups excluding carboxylic acids is 1. The van der Waals surface area contributed by atoms with Crippen LogP contribution in [-0.4, -0.2) is 5.78 Å². The fourth-order valence-electron chi connectivity index (χ4n) is 2.72. The predicted octanol–water partition coefficient (Wildman–Crippen LogP) is 2.40. The van der Waals surface area contributed by atoms with E-state index in [1.807, 2.05) is 0 Å². The molecule has 11 heavy (non-hydrogen) atoms. The first-order chi connectivity index (χ1) is 5.09. The molecule has 2 atom stereocenters. The van der Waals surface area contributed by atoms with Crippen molar-refractivity contribution in [3.63, 3.8) is 0 Å². The lowest BCUT2D eigenvalue weighted by Gasteiger charge is -2.35. The van der Waals surface area contributed by atoms with Gasteiger partial charge < -0.3 is 0 Å². The fraction of sp³-hybridized carbons (Fsp3) is 0.900. The summed E-state index contributed by atoms with van der Waals surface area (Å²) in [5.74, 6) is 1.82. The summed E-state index contributed by atoms with van der Waals surface area (Å²) >= 11 is 0. The minimum atomic E-state index is 0.310. The van der Waals surface area contributed by atoms with E-state index in [0.717, 1.165) is 12.3 Å². The van der Waals surface area contributed by atoms with Gasteiger partial charge in [-0.25, -0.2) is 0 Å². The standard InChI is InChI=1S/C10H16O/c1-10(2)6-9(11)7-3-4-8(10)5-7/h7-8H,3-6H2,1-2H3/t7-,8+/m1/s1. The Kier molecular flexibility index (Phi) is 1.39. The molecular weight excluding hydrogens is 136 g/mol. The van der Waals surface area contributed by atoms with Gasteiger partial charge in [-0.1, -0.05) is 13.8 Å². The van der Waals surface area contributed by atoms with Gasteiger partial charge in [0.1, 0.15) is 5.78 Å². The molecule has 2 fully saturated rings. The highest BCUT2D eigenvalue weighted by Gasteiger charge is 2.44. The largest absolute Gasteiger partial charge is 0.299 e. The van der Waals surface area contributed by atoms with Crippen LogP contribution in [-0.2, 0) is 4.79 Å². The highest BCUT2D eigenvalue weighted by atomic mass is 16.1. The van der Waals surface area contributed by atoms with Crippen LogP contribution < -0.4 is 0 Å². The first-order valence-corrected chi connectivity index (χ1v) is 4.62. The number of Topliss-reactive ketones (excluding diaryl/α,β-unsaturated/α-hetero) is 1. The van der Waals surface area contributed by atoms with Crippen molar-refractivity contribution >= 4 is 5.78 Å². The summed E-state index contributed by atoms with van der Waals surface area (Å²) in [4.78, 5) is 11.5. The van der Waals surface area contributed by atoms with Crippen LogP contribution >= 0.6 is 0 Å². The monoisotopic (exact) mass is 152 g/mol. The van der Waals surface area contributed by atoms with E-state index in [0.29, 0.717) is 17.1 Å². The van der Waals surface area contributed by atoms with Gasteiger partial charge in [-0.15, -0.1) is 0 Å². The van der Waals surface area contributed by atoms with Crippen molar-refractivity contribution in [2.24, 2.45) is 17.3 Å². The Morgan fingerprint density at radius 3 is 2.82 bits per heavy atom. The van der Waals surface area contributed by atoms with Crippen molar-refractivity contribution in [1.29, 1.82) is 0 Å². The summed E-state index contributed by atoms with van der Waals surface area (Å²) in [6.45, 7) is 4.49. The van der Waals surface area contributed by atoms with E-state index in [2.05, 4.69) is 13.8 Å². The molecule has 2 saturated carbocycles.